The summed E-state index contributed by atoms with van der Waals surface area (Å²) in [6.07, 6.45) is 2.68. The number of hydrogen-bond donors (Lipinski definition) is 1. The van der Waals surface area contributed by atoms with E-state index in [1.165, 1.54) is 22.7 Å². The van der Waals surface area contributed by atoms with E-state index in [2.05, 4.69) is 10.4 Å². The number of aryl methyl sites for hydroxylation is 2. The predicted molar refractivity (Wildman–Crippen MR) is 91.6 cm³/mol. The van der Waals surface area contributed by atoms with Gasteiger partial charge in [0.25, 0.3) is 5.91 Å². The van der Waals surface area contributed by atoms with Crippen LogP contribution in [0, 0.1) is 6.92 Å². The molecule has 1 aliphatic rings. The van der Waals surface area contributed by atoms with Crippen LogP contribution in [0.2, 0.25) is 0 Å². The highest BCUT2D eigenvalue weighted by molar-refractivity contribution is 7.89. The lowest BCUT2D eigenvalue weighted by molar-refractivity contribution is 0.0931. The third-order valence-electron chi connectivity index (χ3n) is 4.05. The number of likely N-dealkylation sites (N-methyl/N-ethyl adjacent to an activating group) is 1. The summed E-state index contributed by atoms with van der Waals surface area (Å²) < 4.78 is 27.6. The van der Waals surface area contributed by atoms with Crippen molar-refractivity contribution in [3.63, 3.8) is 0 Å². The van der Waals surface area contributed by atoms with Gasteiger partial charge in [-0.1, -0.05) is 6.92 Å². The van der Waals surface area contributed by atoms with Gasteiger partial charge < -0.3 is 5.32 Å². The van der Waals surface area contributed by atoms with Crippen molar-refractivity contribution in [1.82, 2.24) is 19.4 Å². The normalized spacial score (nSPS) is 19.9. The second-order valence-electron chi connectivity index (χ2n) is 5.85. The van der Waals surface area contributed by atoms with Crippen molar-refractivity contribution in [3.8, 4) is 0 Å². The molecule has 130 valence electrons. The molecular weight excluding hydrogens is 348 g/mol. The minimum Gasteiger partial charge on any atom is -0.343 e. The van der Waals surface area contributed by atoms with Gasteiger partial charge in [0.2, 0.25) is 10.0 Å². The van der Waals surface area contributed by atoms with E-state index in [9.17, 15) is 13.2 Å². The molecule has 1 N–H and O–H groups in total. The summed E-state index contributed by atoms with van der Waals surface area (Å²) in [5, 5.41) is 9.03. The van der Waals surface area contributed by atoms with E-state index in [-0.39, 0.29) is 23.4 Å². The molecule has 0 saturated carbocycles. The van der Waals surface area contributed by atoms with Crippen LogP contribution in [0.25, 0.3) is 0 Å². The second kappa shape index (κ2) is 6.30. The summed E-state index contributed by atoms with van der Waals surface area (Å²) >= 11 is 1.35. The highest BCUT2D eigenvalue weighted by Crippen LogP contribution is 2.35. The largest absolute Gasteiger partial charge is 0.343 e. The number of thiophene rings is 1. The van der Waals surface area contributed by atoms with E-state index >= 15 is 0 Å². The first-order valence-corrected chi connectivity index (χ1v) is 10.0. The van der Waals surface area contributed by atoms with Crippen LogP contribution in [0.4, 0.5) is 0 Å². The molecule has 1 atom stereocenters. The summed E-state index contributed by atoms with van der Waals surface area (Å²) in [5.41, 5.74) is 1.20. The van der Waals surface area contributed by atoms with Crippen LogP contribution in [-0.4, -0.2) is 42.0 Å². The summed E-state index contributed by atoms with van der Waals surface area (Å²) in [5.74, 6) is -0.230. The maximum Gasteiger partial charge on any atom is 0.255 e. The van der Waals surface area contributed by atoms with Crippen LogP contribution in [0.5, 0.6) is 0 Å². The number of sulfonamides is 1. The summed E-state index contributed by atoms with van der Waals surface area (Å²) in [7, 11) is -1.92. The molecule has 0 saturated heterocycles. The molecule has 0 aromatic carbocycles. The first-order chi connectivity index (χ1) is 11.3. The number of carbonyl (C=O) groups is 1. The Balaban J connectivity index is 1.85. The van der Waals surface area contributed by atoms with Gasteiger partial charge in [0.15, 0.2) is 0 Å². The maximum atomic E-state index is 12.6. The number of nitrogens with one attached hydrogen (secondary N) is 1. The van der Waals surface area contributed by atoms with Gasteiger partial charge in [0.05, 0.1) is 22.2 Å². The Morgan fingerprint density at radius 2 is 2.25 bits per heavy atom. The fourth-order valence-electron chi connectivity index (χ4n) is 2.81. The van der Waals surface area contributed by atoms with E-state index in [0.29, 0.717) is 16.1 Å². The standard InChI is InChI=1S/C15H20N4O3S2/c1-4-6-19-8-11(10(2)17-19)15(20)16-12-9-18(3)24(21,22)13-5-7-23-14(12)13/h5,7-8,12H,4,6,9H2,1-3H3,(H,16,20). The average Bonchev–Trinajstić information content (AvgIpc) is 3.13. The lowest BCUT2D eigenvalue weighted by Crippen LogP contribution is -2.42. The average molecular weight is 368 g/mol. The smallest absolute Gasteiger partial charge is 0.255 e. The van der Waals surface area contributed by atoms with Crippen LogP contribution >= 0.6 is 11.3 Å². The molecule has 0 aliphatic carbocycles. The summed E-state index contributed by atoms with van der Waals surface area (Å²) in [6.45, 7) is 4.83. The first-order valence-electron chi connectivity index (χ1n) is 7.73. The fraction of sp³-hybridized carbons (Fsp3) is 0.467. The Kier molecular flexibility index (Phi) is 4.50. The monoisotopic (exact) mass is 368 g/mol. The van der Waals surface area contributed by atoms with Crippen molar-refractivity contribution in [2.24, 2.45) is 0 Å². The molecule has 0 fully saturated rings. The van der Waals surface area contributed by atoms with Crippen molar-refractivity contribution in [2.45, 2.75) is 37.8 Å². The predicted octanol–water partition coefficient (Wildman–Crippen LogP) is 1.77. The minimum atomic E-state index is -3.45. The fourth-order valence-corrected chi connectivity index (χ4v) is 5.51. The van der Waals surface area contributed by atoms with E-state index in [1.54, 1.807) is 29.2 Å². The lowest BCUT2D eigenvalue weighted by atomic mass is 10.2. The molecule has 1 aliphatic heterocycles. The Morgan fingerprint density at radius 3 is 2.96 bits per heavy atom. The molecule has 0 radical (unpaired) electrons. The summed E-state index contributed by atoms with van der Waals surface area (Å²) in [6, 6.07) is 1.24. The van der Waals surface area contributed by atoms with Crippen molar-refractivity contribution in [3.05, 3.63) is 33.8 Å². The molecule has 7 nitrogen and oxygen atoms in total. The lowest BCUT2D eigenvalue weighted by Gasteiger charge is -2.29. The van der Waals surface area contributed by atoms with Crippen molar-refractivity contribution >= 4 is 27.3 Å². The van der Waals surface area contributed by atoms with E-state index < -0.39 is 10.0 Å². The molecule has 0 bridgehead atoms. The van der Waals surface area contributed by atoms with Crippen LogP contribution in [-0.2, 0) is 16.6 Å². The Morgan fingerprint density at radius 1 is 1.50 bits per heavy atom. The van der Waals surface area contributed by atoms with Gasteiger partial charge in [-0.15, -0.1) is 11.3 Å². The highest BCUT2D eigenvalue weighted by Gasteiger charge is 2.36. The van der Waals surface area contributed by atoms with Crippen LogP contribution in [0.1, 0.15) is 40.3 Å². The van der Waals surface area contributed by atoms with Crippen LogP contribution < -0.4 is 5.32 Å². The van der Waals surface area contributed by atoms with Crippen molar-refractivity contribution in [1.29, 1.82) is 0 Å². The quantitative estimate of drug-likeness (QED) is 0.891. The third-order valence-corrected chi connectivity index (χ3v) is 7.09. The number of amides is 1. The molecule has 2 aromatic rings. The number of carbonyl (C=O) groups excluding carboxylic acids is 1. The van der Waals surface area contributed by atoms with Gasteiger partial charge in [0, 0.05) is 31.2 Å². The van der Waals surface area contributed by atoms with Gasteiger partial charge in [-0.2, -0.15) is 9.40 Å². The number of rotatable bonds is 4. The molecule has 24 heavy (non-hydrogen) atoms. The molecule has 1 unspecified atom stereocenters. The van der Waals surface area contributed by atoms with E-state index in [4.69, 9.17) is 0 Å². The molecule has 1 amide bonds. The number of hydrogen-bond acceptors (Lipinski definition) is 5. The molecule has 2 aromatic heterocycles. The van der Waals surface area contributed by atoms with Crippen LogP contribution in [0.15, 0.2) is 22.5 Å². The number of aromatic nitrogens is 2. The first kappa shape index (κ1) is 17.1. The maximum absolute atomic E-state index is 12.6. The molecule has 0 spiro atoms. The van der Waals surface area contributed by atoms with Gasteiger partial charge >= 0.3 is 0 Å². The van der Waals surface area contributed by atoms with E-state index in [0.717, 1.165) is 13.0 Å². The molecular formula is C15H20N4O3S2. The zero-order valence-electron chi connectivity index (χ0n) is 13.8. The highest BCUT2D eigenvalue weighted by atomic mass is 32.2. The molecule has 3 heterocycles. The van der Waals surface area contributed by atoms with E-state index in [1.807, 2.05) is 6.92 Å². The zero-order chi connectivity index (χ0) is 17.5. The van der Waals surface area contributed by atoms with Crippen molar-refractivity contribution in [2.75, 3.05) is 13.6 Å². The number of fused-ring (bicyclic) bond motifs is 1. The Labute approximate surface area is 145 Å². The second-order valence-corrected chi connectivity index (χ2v) is 8.81. The van der Waals surface area contributed by atoms with Gasteiger partial charge in [-0.25, -0.2) is 8.42 Å². The van der Waals surface area contributed by atoms with Gasteiger partial charge in [0.1, 0.15) is 0 Å². The topological polar surface area (TPSA) is 84.3 Å². The zero-order valence-corrected chi connectivity index (χ0v) is 15.4. The third kappa shape index (κ3) is 2.87. The Bertz CT molecular complexity index is 869. The van der Waals surface area contributed by atoms with Gasteiger partial charge in [-0.3, -0.25) is 9.48 Å². The number of nitrogens with zero attached hydrogens (tertiary/aromatic N) is 3. The summed E-state index contributed by atoms with van der Waals surface area (Å²) in [4.78, 5) is 13.6. The minimum absolute atomic E-state index is 0.226. The SMILES string of the molecule is CCCn1cc(C(=O)NC2CN(C)S(=O)(=O)c3ccsc32)c(C)n1. The van der Waals surface area contributed by atoms with Crippen LogP contribution in [0.3, 0.4) is 0 Å². The van der Waals surface area contributed by atoms with Crippen molar-refractivity contribution < 1.29 is 13.2 Å². The molecule has 9 heteroatoms. The molecule has 3 rings (SSSR count). The van der Waals surface area contributed by atoms with Gasteiger partial charge in [-0.05, 0) is 24.8 Å². The Hall–Kier alpha value is -1.71.